The van der Waals surface area contributed by atoms with Crippen LogP contribution in [0.1, 0.15) is 18.0 Å². The van der Waals surface area contributed by atoms with Gasteiger partial charge in [0.05, 0.1) is 5.75 Å². The number of hydrogen-bond acceptors (Lipinski definition) is 2. The van der Waals surface area contributed by atoms with Crippen LogP contribution in [0.4, 0.5) is 0 Å². The molecule has 0 bridgehead atoms. The summed E-state index contributed by atoms with van der Waals surface area (Å²) in [7, 11) is -2.99. The second-order valence-electron chi connectivity index (χ2n) is 3.19. The van der Waals surface area contributed by atoms with E-state index in [2.05, 4.69) is 4.72 Å². The number of benzene rings is 1. The fraction of sp³-hybridized carbons (Fsp3) is 0.333. The van der Waals surface area contributed by atoms with Crippen molar-refractivity contribution in [2.45, 2.75) is 12.5 Å². The van der Waals surface area contributed by atoms with Gasteiger partial charge in [0.2, 0.25) is 10.0 Å². The van der Waals surface area contributed by atoms with Crippen LogP contribution in [0.2, 0.25) is 0 Å². The maximum absolute atomic E-state index is 11.1. The van der Waals surface area contributed by atoms with Gasteiger partial charge in [-0.05, 0) is 12.0 Å². The third-order valence-corrected chi connectivity index (χ3v) is 3.62. The van der Waals surface area contributed by atoms with Gasteiger partial charge in [-0.3, -0.25) is 0 Å². The van der Waals surface area contributed by atoms with Gasteiger partial charge in [-0.2, -0.15) is 0 Å². The minimum absolute atomic E-state index is 0.0220. The van der Waals surface area contributed by atoms with E-state index in [4.69, 9.17) is 0 Å². The highest BCUT2D eigenvalue weighted by Gasteiger charge is 2.27. The molecule has 0 radical (unpaired) electrons. The van der Waals surface area contributed by atoms with E-state index in [9.17, 15) is 8.42 Å². The van der Waals surface area contributed by atoms with Crippen molar-refractivity contribution in [3.8, 4) is 0 Å². The number of sulfonamides is 1. The Morgan fingerprint density at radius 2 is 1.92 bits per heavy atom. The normalized spacial score (nSPS) is 26.0. The summed E-state index contributed by atoms with van der Waals surface area (Å²) in [6.45, 7) is 0. The van der Waals surface area contributed by atoms with Gasteiger partial charge in [0.25, 0.3) is 0 Å². The van der Waals surface area contributed by atoms with Crippen LogP contribution in [0.25, 0.3) is 0 Å². The minimum atomic E-state index is -2.99. The first-order valence-corrected chi connectivity index (χ1v) is 5.87. The highest BCUT2D eigenvalue weighted by atomic mass is 32.2. The van der Waals surface area contributed by atoms with Crippen LogP contribution in [-0.2, 0) is 10.0 Å². The Balaban J connectivity index is 2.22. The van der Waals surface area contributed by atoms with E-state index >= 15 is 0 Å². The van der Waals surface area contributed by atoms with Crippen molar-refractivity contribution < 1.29 is 8.42 Å². The number of rotatable bonds is 1. The number of hydrogen-bond donors (Lipinski definition) is 1. The summed E-state index contributed by atoms with van der Waals surface area (Å²) in [5.41, 5.74) is 1.04. The molecule has 0 aliphatic carbocycles. The Bertz CT molecular complexity index is 385. The molecule has 1 aliphatic rings. The maximum atomic E-state index is 11.1. The summed E-state index contributed by atoms with van der Waals surface area (Å²) in [4.78, 5) is 0. The highest BCUT2D eigenvalue weighted by Crippen LogP contribution is 2.23. The zero-order valence-corrected chi connectivity index (χ0v) is 7.92. The molecule has 4 heteroatoms. The first-order chi connectivity index (χ1) is 6.17. The molecule has 1 unspecified atom stereocenters. The SMILES string of the molecule is O=S1(=O)CCC(c2ccccc2)N1. The zero-order chi connectivity index (χ0) is 9.31. The highest BCUT2D eigenvalue weighted by molar-refractivity contribution is 7.89. The third-order valence-electron chi connectivity index (χ3n) is 2.20. The van der Waals surface area contributed by atoms with Crippen molar-refractivity contribution in [2.75, 3.05) is 5.75 Å². The molecule has 0 saturated carbocycles. The van der Waals surface area contributed by atoms with Crippen LogP contribution < -0.4 is 4.72 Å². The zero-order valence-electron chi connectivity index (χ0n) is 7.10. The smallest absolute Gasteiger partial charge is 0.212 e. The lowest BCUT2D eigenvalue weighted by atomic mass is 10.1. The largest absolute Gasteiger partial charge is 0.212 e. The molecule has 2 rings (SSSR count). The summed E-state index contributed by atoms with van der Waals surface area (Å²) in [5, 5.41) is 0. The molecule has 1 fully saturated rings. The molecule has 1 aliphatic heterocycles. The summed E-state index contributed by atoms with van der Waals surface area (Å²) in [6.07, 6.45) is 0.673. The summed E-state index contributed by atoms with van der Waals surface area (Å²) < 4.78 is 24.8. The Morgan fingerprint density at radius 1 is 1.23 bits per heavy atom. The predicted octanol–water partition coefficient (Wildman–Crippen LogP) is 1.05. The second-order valence-corrected chi connectivity index (χ2v) is 5.06. The van der Waals surface area contributed by atoms with Crippen LogP contribution in [0.5, 0.6) is 0 Å². The fourth-order valence-corrected chi connectivity index (χ4v) is 2.88. The molecule has 0 amide bonds. The Kier molecular flexibility index (Phi) is 2.09. The van der Waals surface area contributed by atoms with Gasteiger partial charge in [0.15, 0.2) is 0 Å². The lowest BCUT2D eigenvalue weighted by Crippen LogP contribution is -2.19. The van der Waals surface area contributed by atoms with Crippen LogP contribution in [0, 0.1) is 0 Å². The molecule has 1 heterocycles. The maximum Gasteiger partial charge on any atom is 0.212 e. The lowest BCUT2D eigenvalue weighted by molar-refractivity contribution is 0.586. The molecule has 1 aromatic carbocycles. The molecule has 0 aromatic heterocycles. The molecule has 1 atom stereocenters. The topological polar surface area (TPSA) is 46.2 Å². The lowest BCUT2D eigenvalue weighted by Gasteiger charge is -2.07. The van der Waals surface area contributed by atoms with Crippen molar-refractivity contribution in [3.63, 3.8) is 0 Å². The standard InChI is InChI=1S/C9H11NO2S/c11-13(12)7-6-9(10-13)8-4-2-1-3-5-8/h1-5,9-10H,6-7H2. The molecule has 3 nitrogen and oxygen atoms in total. The van der Waals surface area contributed by atoms with Gasteiger partial charge in [-0.25, -0.2) is 13.1 Å². The molecule has 0 spiro atoms. The molecular formula is C9H11NO2S. The van der Waals surface area contributed by atoms with Gasteiger partial charge >= 0.3 is 0 Å². The van der Waals surface area contributed by atoms with Crippen molar-refractivity contribution in [1.29, 1.82) is 0 Å². The first kappa shape index (κ1) is 8.72. The van der Waals surface area contributed by atoms with Gasteiger partial charge < -0.3 is 0 Å². The van der Waals surface area contributed by atoms with E-state index in [1.807, 2.05) is 30.3 Å². The summed E-state index contributed by atoms with van der Waals surface area (Å²) >= 11 is 0. The quantitative estimate of drug-likeness (QED) is 0.731. The minimum Gasteiger partial charge on any atom is -0.212 e. The van der Waals surface area contributed by atoms with E-state index in [1.54, 1.807) is 0 Å². The van der Waals surface area contributed by atoms with Gasteiger partial charge in [0.1, 0.15) is 0 Å². The Labute approximate surface area is 77.8 Å². The van der Waals surface area contributed by atoms with E-state index in [0.29, 0.717) is 6.42 Å². The third kappa shape index (κ3) is 1.89. The second kappa shape index (κ2) is 3.12. The average molecular weight is 197 g/mol. The molecule has 1 N–H and O–H groups in total. The van der Waals surface area contributed by atoms with E-state index in [-0.39, 0.29) is 11.8 Å². The van der Waals surface area contributed by atoms with E-state index in [1.165, 1.54) is 0 Å². The van der Waals surface area contributed by atoms with Gasteiger partial charge in [0, 0.05) is 6.04 Å². The van der Waals surface area contributed by atoms with Crippen LogP contribution in [0.3, 0.4) is 0 Å². The monoisotopic (exact) mass is 197 g/mol. The van der Waals surface area contributed by atoms with E-state index < -0.39 is 10.0 Å². The predicted molar refractivity (Wildman–Crippen MR) is 50.7 cm³/mol. The molecule has 13 heavy (non-hydrogen) atoms. The summed E-state index contributed by atoms with van der Waals surface area (Å²) in [5.74, 6) is 0.243. The summed E-state index contributed by atoms with van der Waals surface area (Å²) in [6, 6.07) is 9.62. The van der Waals surface area contributed by atoms with Gasteiger partial charge in [-0.1, -0.05) is 30.3 Å². The molecule has 1 saturated heterocycles. The fourth-order valence-electron chi connectivity index (χ4n) is 1.53. The van der Waals surface area contributed by atoms with Crippen LogP contribution >= 0.6 is 0 Å². The van der Waals surface area contributed by atoms with Crippen LogP contribution in [-0.4, -0.2) is 14.2 Å². The molecule has 1 aromatic rings. The van der Waals surface area contributed by atoms with E-state index in [0.717, 1.165) is 5.56 Å². The Morgan fingerprint density at radius 3 is 2.46 bits per heavy atom. The molecular weight excluding hydrogens is 186 g/mol. The Hall–Kier alpha value is -0.870. The first-order valence-electron chi connectivity index (χ1n) is 4.22. The van der Waals surface area contributed by atoms with Crippen molar-refractivity contribution in [2.24, 2.45) is 0 Å². The average Bonchev–Trinajstić information content (AvgIpc) is 2.48. The van der Waals surface area contributed by atoms with Crippen LogP contribution in [0.15, 0.2) is 30.3 Å². The van der Waals surface area contributed by atoms with Crippen molar-refractivity contribution in [1.82, 2.24) is 4.72 Å². The van der Waals surface area contributed by atoms with Crippen molar-refractivity contribution >= 4 is 10.0 Å². The molecule has 70 valence electrons. The van der Waals surface area contributed by atoms with Gasteiger partial charge in [-0.15, -0.1) is 0 Å². The van der Waals surface area contributed by atoms with Crippen molar-refractivity contribution in [3.05, 3.63) is 35.9 Å². The number of nitrogens with one attached hydrogen (secondary N) is 1.